The Balaban J connectivity index is 5.39. The summed E-state index contributed by atoms with van der Waals surface area (Å²) in [5.74, 6) is -13.6. The smallest absolute Gasteiger partial charge is 0.318 e. The fourth-order valence-corrected chi connectivity index (χ4v) is 0.825. The molecule has 0 saturated carbocycles. The van der Waals surface area contributed by atoms with Gasteiger partial charge in [-0.05, 0) is 6.92 Å². The Morgan fingerprint density at radius 2 is 1.28 bits per heavy atom. The summed E-state index contributed by atoms with van der Waals surface area (Å²) in [4.78, 5) is 0. The molecule has 110 valence electrons. The van der Waals surface area contributed by atoms with Crippen molar-refractivity contribution in [3.05, 3.63) is 0 Å². The van der Waals surface area contributed by atoms with Crippen LogP contribution in [0.3, 0.4) is 0 Å². The molecule has 18 heavy (non-hydrogen) atoms. The molecule has 0 aliphatic carbocycles. The first-order valence-corrected chi connectivity index (χ1v) is 4.20. The van der Waals surface area contributed by atoms with Crippen LogP contribution >= 0.6 is 0 Å². The van der Waals surface area contributed by atoms with E-state index in [1.807, 2.05) is 0 Å². The third-order valence-electron chi connectivity index (χ3n) is 1.72. The topological polar surface area (TPSA) is 9.23 Å². The first-order chi connectivity index (χ1) is 7.72. The Bertz CT molecular complexity index is 282. The molecule has 0 spiro atoms. The minimum Gasteiger partial charge on any atom is -0.318 e. The highest BCUT2D eigenvalue weighted by Gasteiger charge is 2.79. The van der Waals surface area contributed by atoms with Gasteiger partial charge in [-0.3, -0.25) is 0 Å². The number of hydrogen-bond acceptors (Lipinski definition) is 1. The summed E-state index contributed by atoms with van der Waals surface area (Å²) in [6.45, 7) is -0.290. The van der Waals surface area contributed by atoms with Gasteiger partial charge in [-0.1, -0.05) is 0 Å². The summed E-state index contributed by atoms with van der Waals surface area (Å²) >= 11 is 0. The molecule has 1 nitrogen and oxygen atoms in total. The summed E-state index contributed by atoms with van der Waals surface area (Å²) in [7, 11) is 0. The van der Waals surface area contributed by atoms with E-state index < -0.39 is 36.9 Å². The second-order valence-electron chi connectivity index (χ2n) is 3.05. The molecular formula is C7H6F10O. The molecule has 0 aromatic carbocycles. The molecule has 0 aromatic rings. The van der Waals surface area contributed by atoms with Gasteiger partial charge in [0.15, 0.2) is 0 Å². The average Bonchev–Trinajstić information content (AvgIpc) is 2.14. The highest BCUT2D eigenvalue weighted by molar-refractivity contribution is 4.98. The van der Waals surface area contributed by atoms with Crippen LogP contribution in [-0.2, 0) is 4.74 Å². The monoisotopic (exact) mass is 296 g/mol. The molecule has 0 amide bonds. The fraction of sp³-hybridized carbons (Fsp3) is 1.00. The molecule has 0 heterocycles. The Morgan fingerprint density at radius 1 is 0.889 bits per heavy atom. The van der Waals surface area contributed by atoms with Crippen LogP contribution < -0.4 is 0 Å². The van der Waals surface area contributed by atoms with E-state index >= 15 is 0 Å². The lowest BCUT2D eigenvalue weighted by molar-refractivity contribution is -0.398. The van der Waals surface area contributed by atoms with Gasteiger partial charge < -0.3 is 4.74 Å². The van der Waals surface area contributed by atoms with Crippen molar-refractivity contribution >= 4 is 0 Å². The molecular weight excluding hydrogens is 290 g/mol. The predicted octanol–water partition coefficient (Wildman–Crippen LogP) is 3.79. The normalized spacial score (nSPS) is 16.8. The molecule has 0 aliphatic heterocycles. The van der Waals surface area contributed by atoms with Gasteiger partial charge in [0.25, 0.3) is 6.17 Å². The zero-order valence-electron chi connectivity index (χ0n) is 8.47. The van der Waals surface area contributed by atoms with Crippen molar-refractivity contribution in [2.24, 2.45) is 0 Å². The van der Waals surface area contributed by atoms with Crippen LogP contribution in [0.4, 0.5) is 43.9 Å². The number of rotatable bonds is 5. The van der Waals surface area contributed by atoms with E-state index in [9.17, 15) is 43.9 Å². The molecule has 0 bridgehead atoms. The molecule has 0 aliphatic rings. The first kappa shape index (κ1) is 17.3. The maximum absolute atomic E-state index is 12.6. The summed E-state index contributed by atoms with van der Waals surface area (Å²) in [6.07, 6.45) is -17.5. The molecule has 0 fully saturated rings. The van der Waals surface area contributed by atoms with Crippen LogP contribution in [0.15, 0.2) is 0 Å². The van der Waals surface area contributed by atoms with E-state index in [2.05, 4.69) is 4.74 Å². The van der Waals surface area contributed by atoms with Gasteiger partial charge in [0, 0.05) is 0 Å². The van der Waals surface area contributed by atoms with E-state index in [0.29, 0.717) is 0 Å². The third-order valence-corrected chi connectivity index (χ3v) is 1.72. The zero-order valence-corrected chi connectivity index (χ0v) is 8.47. The minimum atomic E-state index is -6.96. The zero-order chi connectivity index (χ0) is 15.0. The largest absolute Gasteiger partial charge is 0.459 e. The van der Waals surface area contributed by atoms with E-state index in [4.69, 9.17) is 0 Å². The molecule has 11 heteroatoms. The van der Waals surface area contributed by atoms with Gasteiger partial charge in [0.1, 0.15) is 0 Å². The Hall–Kier alpha value is -0.740. The highest BCUT2D eigenvalue weighted by Crippen LogP contribution is 2.51. The van der Waals surface area contributed by atoms with E-state index in [-0.39, 0.29) is 0 Å². The first-order valence-electron chi connectivity index (χ1n) is 4.20. The van der Waals surface area contributed by atoms with E-state index in [1.165, 1.54) is 0 Å². The van der Waals surface area contributed by atoms with Crippen LogP contribution in [0.2, 0.25) is 0 Å². The van der Waals surface area contributed by atoms with Crippen LogP contribution in [0.25, 0.3) is 0 Å². The summed E-state index contributed by atoms with van der Waals surface area (Å²) in [5, 5.41) is 0. The molecule has 0 radical (unpaired) electrons. The van der Waals surface area contributed by atoms with Gasteiger partial charge in [0.2, 0.25) is 0 Å². The Labute approximate surface area is 93.7 Å². The van der Waals surface area contributed by atoms with Crippen LogP contribution in [0.5, 0.6) is 0 Å². The maximum atomic E-state index is 12.6. The van der Waals surface area contributed by atoms with Crippen molar-refractivity contribution in [2.45, 2.75) is 37.2 Å². The van der Waals surface area contributed by atoms with Gasteiger partial charge in [-0.25, -0.2) is 4.39 Å². The number of halogens is 10. The van der Waals surface area contributed by atoms with Gasteiger partial charge in [-0.2, -0.15) is 39.5 Å². The SMILES string of the molecule is CCOC(F)(F)C(F)C(F)(F)C(F)(F)C(F)(F)F. The molecule has 0 aromatic heterocycles. The van der Waals surface area contributed by atoms with Crippen molar-refractivity contribution in [3.8, 4) is 0 Å². The van der Waals surface area contributed by atoms with Crippen LogP contribution in [0, 0.1) is 0 Å². The summed E-state index contributed by atoms with van der Waals surface area (Å²) in [5.41, 5.74) is 0. The summed E-state index contributed by atoms with van der Waals surface area (Å²) in [6, 6.07) is 0. The van der Waals surface area contributed by atoms with Crippen molar-refractivity contribution in [3.63, 3.8) is 0 Å². The lowest BCUT2D eigenvalue weighted by Gasteiger charge is -2.32. The van der Waals surface area contributed by atoms with Crippen molar-refractivity contribution in [1.29, 1.82) is 0 Å². The third kappa shape index (κ3) is 2.81. The van der Waals surface area contributed by atoms with Gasteiger partial charge in [0.05, 0.1) is 6.61 Å². The van der Waals surface area contributed by atoms with Crippen molar-refractivity contribution in [2.75, 3.05) is 6.61 Å². The number of ether oxygens (including phenoxy) is 1. The molecule has 0 saturated heterocycles. The van der Waals surface area contributed by atoms with Crippen LogP contribution in [-0.4, -0.2) is 36.9 Å². The second-order valence-corrected chi connectivity index (χ2v) is 3.05. The molecule has 1 atom stereocenters. The van der Waals surface area contributed by atoms with Crippen molar-refractivity contribution in [1.82, 2.24) is 0 Å². The van der Waals surface area contributed by atoms with Crippen molar-refractivity contribution < 1.29 is 48.6 Å². The van der Waals surface area contributed by atoms with Crippen LogP contribution in [0.1, 0.15) is 6.92 Å². The predicted molar refractivity (Wildman–Crippen MR) is 37.4 cm³/mol. The quantitative estimate of drug-likeness (QED) is 0.701. The highest BCUT2D eigenvalue weighted by atomic mass is 19.4. The lowest BCUT2D eigenvalue weighted by atomic mass is 10.1. The molecule has 0 N–H and O–H groups in total. The van der Waals surface area contributed by atoms with E-state index in [1.54, 1.807) is 0 Å². The second kappa shape index (κ2) is 4.74. The lowest BCUT2D eigenvalue weighted by Crippen LogP contribution is -2.61. The number of alkyl halides is 10. The summed E-state index contributed by atoms with van der Waals surface area (Å²) < 4.78 is 125. The molecule has 1 unspecified atom stereocenters. The fourth-order valence-electron chi connectivity index (χ4n) is 0.825. The Morgan fingerprint density at radius 3 is 1.56 bits per heavy atom. The number of hydrogen-bond donors (Lipinski definition) is 0. The maximum Gasteiger partial charge on any atom is 0.459 e. The van der Waals surface area contributed by atoms with Gasteiger partial charge in [-0.15, -0.1) is 0 Å². The van der Waals surface area contributed by atoms with Gasteiger partial charge >= 0.3 is 24.1 Å². The molecule has 0 rings (SSSR count). The van der Waals surface area contributed by atoms with E-state index in [0.717, 1.165) is 6.92 Å². The Kier molecular flexibility index (Phi) is 4.55. The standard InChI is InChI=1S/C7H6F10O/c1-2-18-5(11,12)3(8)4(9,10)6(13,14)7(15,16)17/h3H,2H2,1H3. The average molecular weight is 296 g/mol. The minimum absolute atomic E-state index is 0.778.